The molecule has 1 aromatic carbocycles. The van der Waals surface area contributed by atoms with Crippen LogP contribution in [0.4, 0.5) is 13.2 Å². The van der Waals surface area contributed by atoms with Crippen molar-refractivity contribution >= 4 is 5.91 Å². The molecule has 3 atom stereocenters. The van der Waals surface area contributed by atoms with Gasteiger partial charge in [0.05, 0.1) is 6.54 Å². The fourth-order valence-corrected chi connectivity index (χ4v) is 3.61. The second kappa shape index (κ2) is 6.75. The molecule has 3 nitrogen and oxygen atoms in total. The van der Waals surface area contributed by atoms with Crippen molar-refractivity contribution < 1.29 is 18.0 Å². The minimum absolute atomic E-state index is 0.0134. The van der Waals surface area contributed by atoms with Crippen molar-refractivity contribution in [1.82, 2.24) is 10.2 Å². The monoisotopic (exact) mass is 340 g/mol. The highest BCUT2D eigenvalue weighted by atomic mass is 19.4. The van der Waals surface area contributed by atoms with E-state index in [1.807, 2.05) is 19.1 Å². The Hall–Kier alpha value is -1.56. The summed E-state index contributed by atoms with van der Waals surface area (Å²) in [7, 11) is 0. The SMILES string of the molecule is Cc1cccc([C@@H]2C[C@@H]2C(=O)NC[C@H]2CCN(CC(F)(F)F)C2)c1. The largest absolute Gasteiger partial charge is 0.401 e. The van der Waals surface area contributed by atoms with Gasteiger partial charge in [-0.25, -0.2) is 0 Å². The lowest BCUT2D eigenvalue weighted by atomic mass is 10.1. The third-order valence-corrected chi connectivity index (χ3v) is 4.94. The first-order valence-electron chi connectivity index (χ1n) is 8.45. The molecule has 1 amide bonds. The van der Waals surface area contributed by atoms with E-state index >= 15 is 0 Å². The Morgan fingerprint density at radius 1 is 1.38 bits per heavy atom. The smallest absolute Gasteiger partial charge is 0.356 e. The Kier molecular flexibility index (Phi) is 4.85. The van der Waals surface area contributed by atoms with Crippen LogP contribution in [0, 0.1) is 18.8 Å². The summed E-state index contributed by atoms with van der Waals surface area (Å²) in [5.74, 6) is 0.456. The lowest BCUT2D eigenvalue weighted by Crippen LogP contribution is -2.35. The molecular weight excluding hydrogens is 317 g/mol. The quantitative estimate of drug-likeness (QED) is 0.893. The van der Waals surface area contributed by atoms with Crippen molar-refractivity contribution in [2.75, 3.05) is 26.2 Å². The maximum Gasteiger partial charge on any atom is 0.401 e. The van der Waals surface area contributed by atoms with Crippen molar-refractivity contribution in [3.8, 4) is 0 Å². The molecule has 0 spiro atoms. The van der Waals surface area contributed by atoms with Crippen molar-refractivity contribution in [1.29, 1.82) is 0 Å². The summed E-state index contributed by atoms with van der Waals surface area (Å²) in [5, 5.41) is 2.94. The average molecular weight is 340 g/mol. The van der Waals surface area contributed by atoms with E-state index in [1.165, 1.54) is 16.0 Å². The molecule has 24 heavy (non-hydrogen) atoms. The molecule has 3 rings (SSSR count). The second-order valence-electron chi connectivity index (χ2n) is 7.11. The fourth-order valence-electron chi connectivity index (χ4n) is 3.61. The molecule has 6 heteroatoms. The number of halogens is 3. The second-order valence-corrected chi connectivity index (χ2v) is 7.11. The fraction of sp³-hybridized carbons (Fsp3) is 0.611. The molecule has 2 fully saturated rings. The normalized spacial score (nSPS) is 27.2. The number of aryl methyl sites for hydroxylation is 1. The summed E-state index contributed by atoms with van der Waals surface area (Å²) in [5.41, 5.74) is 2.39. The van der Waals surface area contributed by atoms with Crippen LogP contribution in [0.3, 0.4) is 0 Å². The number of amides is 1. The number of alkyl halides is 3. The Bertz CT molecular complexity index is 602. The molecule has 1 aliphatic carbocycles. The van der Waals surface area contributed by atoms with Crippen LogP contribution in [0.5, 0.6) is 0 Å². The highest BCUT2D eigenvalue weighted by molar-refractivity contribution is 5.82. The molecule has 1 aliphatic heterocycles. The van der Waals surface area contributed by atoms with Crippen LogP contribution in [0.2, 0.25) is 0 Å². The van der Waals surface area contributed by atoms with Crippen LogP contribution >= 0.6 is 0 Å². The minimum atomic E-state index is -4.15. The van der Waals surface area contributed by atoms with Crippen LogP contribution in [-0.4, -0.2) is 43.2 Å². The summed E-state index contributed by atoms with van der Waals surface area (Å²) in [6, 6.07) is 8.21. The van der Waals surface area contributed by atoms with Crippen LogP contribution in [0.15, 0.2) is 24.3 Å². The zero-order valence-electron chi connectivity index (χ0n) is 13.8. The molecule has 1 saturated carbocycles. The van der Waals surface area contributed by atoms with Crippen molar-refractivity contribution in [2.24, 2.45) is 11.8 Å². The van der Waals surface area contributed by atoms with E-state index in [0.717, 1.165) is 6.42 Å². The Morgan fingerprint density at radius 2 is 2.17 bits per heavy atom. The minimum Gasteiger partial charge on any atom is -0.356 e. The number of hydrogen-bond acceptors (Lipinski definition) is 2. The maximum absolute atomic E-state index is 12.4. The van der Waals surface area contributed by atoms with Crippen LogP contribution in [0.1, 0.15) is 29.9 Å². The number of nitrogens with one attached hydrogen (secondary N) is 1. The van der Waals surface area contributed by atoms with E-state index in [-0.39, 0.29) is 23.7 Å². The third-order valence-electron chi connectivity index (χ3n) is 4.94. The molecule has 0 aromatic heterocycles. The number of rotatable bonds is 5. The summed E-state index contributed by atoms with van der Waals surface area (Å²) in [6.45, 7) is 2.52. The Morgan fingerprint density at radius 3 is 2.88 bits per heavy atom. The van der Waals surface area contributed by atoms with Gasteiger partial charge in [-0.3, -0.25) is 9.69 Å². The summed E-state index contributed by atoms with van der Waals surface area (Å²) in [4.78, 5) is 13.7. The Balaban J connectivity index is 1.41. The Labute approximate surface area is 140 Å². The van der Waals surface area contributed by atoms with E-state index in [0.29, 0.717) is 26.1 Å². The molecule has 1 N–H and O–H groups in total. The van der Waals surface area contributed by atoms with Gasteiger partial charge in [-0.1, -0.05) is 29.8 Å². The number of likely N-dealkylation sites (tertiary alicyclic amines) is 1. The summed E-state index contributed by atoms with van der Waals surface area (Å²) >= 11 is 0. The predicted octanol–water partition coefficient (Wildman–Crippen LogP) is 3.10. The summed E-state index contributed by atoms with van der Waals surface area (Å²) < 4.78 is 37.2. The number of carbonyl (C=O) groups is 1. The van der Waals surface area contributed by atoms with Gasteiger partial charge in [0.2, 0.25) is 5.91 Å². The molecule has 0 bridgehead atoms. The molecule has 1 heterocycles. The van der Waals surface area contributed by atoms with Gasteiger partial charge < -0.3 is 5.32 Å². The first-order valence-corrected chi connectivity index (χ1v) is 8.45. The topological polar surface area (TPSA) is 32.3 Å². The number of benzene rings is 1. The zero-order chi connectivity index (χ0) is 17.3. The molecule has 2 aliphatic rings. The van der Waals surface area contributed by atoms with Gasteiger partial charge >= 0.3 is 6.18 Å². The number of nitrogens with zero attached hydrogens (tertiary/aromatic N) is 1. The lowest BCUT2D eigenvalue weighted by molar-refractivity contribution is -0.143. The van der Waals surface area contributed by atoms with Crippen molar-refractivity contribution in [3.63, 3.8) is 0 Å². The highest BCUT2D eigenvalue weighted by Gasteiger charge is 2.44. The van der Waals surface area contributed by atoms with Gasteiger partial charge in [-0.2, -0.15) is 13.2 Å². The van der Waals surface area contributed by atoms with Gasteiger partial charge in [0.25, 0.3) is 0 Å². The van der Waals surface area contributed by atoms with E-state index in [9.17, 15) is 18.0 Å². The van der Waals surface area contributed by atoms with E-state index in [2.05, 4.69) is 17.4 Å². The van der Waals surface area contributed by atoms with E-state index in [4.69, 9.17) is 0 Å². The lowest BCUT2D eigenvalue weighted by Gasteiger charge is -2.18. The summed E-state index contributed by atoms with van der Waals surface area (Å²) in [6.07, 6.45) is -2.57. The molecule has 0 radical (unpaired) electrons. The molecule has 1 saturated heterocycles. The van der Waals surface area contributed by atoms with Gasteiger partial charge in [0.1, 0.15) is 0 Å². The van der Waals surface area contributed by atoms with Gasteiger partial charge in [-0.15, -0.1) is 0 Å². The first kappa shape index (κ1) is 17.3. The standard InChI is InChI=1S/C18H23F3N2O/c1-12-3-2-4-14(7-12)15-8-16(15)17(24)22-9-13-5-6-23(10-13)11-18(19,20)21/h2-4,7,13,15-16H,5-6,8-11H2,1H3,(H,22,24)/t13-,15+,16+/m1/s1. The van der Waals surface area contributed by atoms with Gasteiger partial charge in [-0.05, 0) is 43.7 Å². The maximum atomic E-state index is 12.4. The van der Waals surface area contributed by atoms with E-state index < -0.39 is 12.7 Å². The molecular formula is C18H23F3N2O. The predicted molar refractivity (Wildman–Crippen MR) is 85.6 cm³/mol. The number of carbonyl (C=O) groups excluding carboxylic acids is 1. The van der Waals surface area contributed by atoms with Gasteiger partial charge in [0.15, 0.2) is 0 Å². The van der Waals surface area contributed by atoms with Crippen LogP contribution in [0.25, 0.3) is 0 Å². The average Bonchev–Trinajstić information content (AvgIpc) is 3.18. The highest BCUT2D eigenvalue weighted by Crippen LogP contribution is 2.47. The van der Waals surface area contributed by atoms with E-state index in [1.54, 1.807) is 0 Å². The van der Waals surface area contributed by atoms with Gasteiger partial charge in [0, 0.05) is 19.0 Å². The molecule has 132 valence electrons. The third kappa shape index (κ3) is 4.50. The van der Waals surface area contributed by atoms with Crippen LogP contribution < -0.4 is 5.32 Å². The zero-order valence-corrected chi connectivity index (χ0v) is 13.8. The molecule has 0 unspecified atom stereocenters. The number of hydrogen-bond donors (Lipinski definition) is 1. The van der Waals surface area contributed by atoms with Crippen molar-refractivity contribution in [3.05, 3.63) is 35.4 Å². The van der Waals surface area contributed by atoms with Crippen LogP contribution in [-0.2, 0) is 4.79 Å². The van der Waals surface area contributed by atoms with Crippen molar-refractivity contribution in [2.45, 2.75) is 31.9 Å². The molecule has 1 aromatic rings. The first-order chi connectivity index (χ1) is 11.3.